The zero-order valence-electron chi connectivity index (χ0n) is 11.4. The highest BCUT2D eigenvalue weighted by Gasteiger charge is 2.09. The second kappa shape index (κ2) is 7.26. The van der Waals surface area contributed by atoms with Gasteiger partial charge in [-0.05, 0) is 25.0 Å². The molecular weight excluding hydrogens is 242 g/mol. The number of rotatable bonds is 6. The van der Waals surface area contributed by atoms with Crippen molar-refractivity contribution < 1.29 is 14.3 Å². The molecule has 0 bridgehead atoms. The zero-order chi connectivity index (χ0) is 13.5. The molecule has 104 valence electrons. The average molecular weight is 263 g/mol. The van der Waals surface area contributed by atoms with Crippen molar-refractivity contribution in [2.45, 2.75) is 13.3 Å². The number of benzene rings is 1. The van der Waals surface area contributed by atoms with Crippen LogP contribution in [-0.4, -0.2) is 50.6 Å². The Hall–Kier alpha value is -1.39. The van der Waals surface area contributed by atoms with E-state index in [4.69, 9.17) is 9.47 Å². The summed E-state index contributed by atoms with van der Waals surface area (Å²) in [4.78, 5) is 13.1. The van der Waals surface area contributed by atoms with Crippen LogP contribution in [0.4, 0.5) is 0 Å². The van der Waals surface area contributed by atoms with Gasteiger partial charge in [0.15, 0.2) is 0 Å². The summed E-state index contributed by atoms with van der Waals surface area (Å²) in [6.07, 6.45) is 1.84. The number of aryl methyl sites for hydroxylation is 1. The first kappa shape index (κ1) is 14.0. The summed E-state index contributed by atoms with van der Waals surface area (Å²) in [5.41, 5.74) is 1.73. The monoisotopic (exact) mass is 263 g/mol. The van der Waals surface area contributed by atoms with Crippen molar-refractivity contribution in [3.05, 3.63) is 29.3 Å². The summed E-state index contributed by atoms with van der Waals surface area (Å²) in [5, 5.41) is 0. The van der Waals surface area contributed by atoms with Crippen LogP contribution in [0.1, 0.15) is 22.3 Å². The lowest BCUT2D eigenvalue weighted by Crippen LogP contribution is -2.37. The van der Waals surface area contributed by atoms with Gasteiger partial charge >= 0.3 is 0 Å². The number of morpholine rings is 1. The fourth-order valence-corrected chi connectivity index (χ4v) is 2.14. The van der Waals surface area contributed by atoms with E-state index in [1.54, 1.807) is 6.07 Å². The van der Waals surface area contributed by atoms with Crippen LogP contribution in [0.5, 0.6) is 5.75 Å². The smallest absolute Gasteiger partial charge is 0.150 e. The summed E-state index contributed by atoms with van der Waals surface area (Å²) in [6.45, 7) is 7.41. The van der Waals surface area contributed by atoms with Crippen LogP contribution in [-0.2, 0) is 4.74 Å². The zero-order valence-corrected chi connectivity index (χ0v) is 11.4. The lowest BCUT2D eigenvalue weighted by Gasteiger charge is -2.26. The van der Waals surface area contributed by atoms with Gasteiger partial charge in [-0.1, -0.05) is 12.1 Å². The Morgan fingerprint density at radius 1 is 1.37 bits per heavy atom. The van der Waals surface area contributed by atoms with Crippen LogP contribution in [0.3, 0.4) is 0 Å². The minimum absolute atomic E-state index is 0.661. The molecule has 1 aliphatic rings. The van der Waals surface area contributed by atoms with Gasteiger partial charge in [0.05, 0.1) is 19.8 Å². The molecule has 0 unspecified atom stereocenters. The number of hydrogen-bond acceptors (Lipinski definition) is 4. The molecule has 1 aliphatic heterocycles. The van der Waals surface area contributed by atoms with Crippen LogP contribution < -0.4 is 4.74 Å². The summed E-state index contributed by atoms with van der Waals surface area (Å²) < 4.78 is 11.1. The van der Waals surface area contributed by atoms with E-state index >= 15 is 0 Å². The Balaban J connectivity index is 1.74. The van der Waals surface area contributed by atoms with Gasteiger partial charge in [-0.25, -0.2) is 0 Å². The van der Waals surface area contributed by atoms with Crippen LogP contribution in [0.15, 0.2) is 18.2 Å². The molecule has 4 nitrogen and oxygen atoms in total. The molecule has 2 rings (SSSR count). The van der Waals surface area contributed by atoms with Gasteiger partial charge in [0.1, 0.15) is 12.0 Å². The highest BCUT2D eigenvalue weighted by Crippen LogP contribution is 2.18. The van der Waals surface area contributed by atoms with Gasteiger partial charge in [0.25, 0.3) is 0 Å². The molecule has 0 atom stereocenters. The Morgan fingerprint density at radius 2 is 2.16 bits per heavy atom. The number of aldehydes is 1. The van der Waals surface area contributed by atoms with E-state index in [0.29, 0.717) is 12.2 Å². The van der Waals surface area contributed by atoms with Crippen molar-refractivity contribution in [1.82, 2.24) is 4.90 Å². The summed E-state index contributed by atoms with van der Waals surface area (Å²) >= 11 is 0. The molecule has 0 saturated carbocycles. The molecule has 0 aliphatic carbocycles. The molecule has 0 aromatic heterocycles. The topological polar surface area (TPSA) is 38.8 Å². The van der Waals surface area contributed by atoms with E-state index in [-0.39, 0.29) is 0 Å². The summed E-state index contributed by atoms with van der Waals surface area (Å²) in [7, 11) is 0. The predicted molar refractivity (Wildman–Crippen MR) is 73.9 cm³/mol. The van der Waals surface area contributed by atoms with E-state index in [1.807, 2.05) is 19.1 Å². The molecule has 1 saturated heterocycles. The SMILES string of the molecule is Cc1ccc(C=O)cc1OCCCN1CCOCC1. The standard InChI is InChI=1S/C15H21NO3/c1-13-3-4-14(12-17)11-15(13)19-8-2-5-16-6-9-18-10-7-16/h3-4,11-12H,2,5-10H2,1H3. The van der Waals surface area contributed by atoms with E-state index in [1.165, 1.54) is 0 Å². The van der Waals surface area contributed by atoms with E-state index in [9.17, 15) is 4.79 Å². The highest BCUT2D eigenvalue weighted by atomic mass is 16.5. The average Bonchev–Trinajstić information content (AvgIpc) is 2.46. The maximum absolute atomic E-state index is 10.7. The Kier molecular flexibility index (Phi) is 5.36. The quantitative estimate of drug-likeness (QED) is 0.580. The highest BCUT2D eigenvalue weighted by molar-refractivity contribution is 5.75. The van der Waals surface area contributed by atoms with Gasteiger partial charge < -0.3 is 9.47 Å². The third-order valence-corrected chi connectivity index (χ3v) is 3.33. The van der Waals surface area contributed by atoms with Crippen molar-refractivity contribution in [2.75, 3.05) is 39.5 Å². The number of nitrogens with zero attached hydrogens (tertiary/aromatic N) is 1. The Bertz CT molecular complexity index is 414. The largest absolute Gasteiger partial charge is 0.493 e. The second-order valence-corrected chi connectivity index (χ2v) is 4.80. The van der Waals surface area contributed by atoms with Crippen molar-refractivity contribution >= 4 is 6.29 Å². The molecule has 0 N–H and O–H groups in total. The van der Waals surface area contributed by atoms with Gasteiger partial charge in [0.2, 0.25) is 0 Å². The molecular formula is C15H21NO3. The maximum atomic E-state index is 10.7. The number of carbonyl (C=O) groups is 1. The Labute approximate surface area is 114 Å². The van der Waals surface area contributed by atoms with Crippen LogP contribution in [0.2, 0.25) is 0 Å². The van der Waals surface area contributed by atoms with Crippen molar-refractivity contribution in [1.29, 1.82) is 0 Å². The summed E-state index contributed by atoms with van der Waals surface area (Å²) in [6, 6.07) is 5.53. The van der Waals surface area contributed by atoms with Crippen molar-refractivity contribution in [3.63, 3.8) is 0 Å². The van der Waals surface area contributed by atoms with Crippen LogP contribution >= 0.6 is 0 Å². The molecule has 19 heavy (non-hydrogen) atoms. The fraction of sp³-hybridized carbons (Fsp3) is 0.533. The number of carbonyl (C=O) groups excluding carboxylic acids is 1. The van der Waals surface area contributed by atoms with Gasteiger partial charge in [-0.15, -0.1) is 0 Å². The number of ether oxygens (including phenoxy) is 2. The fourth-order valence-electron chi connectivity index (χ4n) is 2.14. The van der Waals surface area contributed by atoms with Gasteiger partial charge in [-0.3, -0.25) is 9.69 Å². The summed E-state index contributed by atoms with van der Waals surface area (Å²) in [5.74, 6) is 0.812. The third kappa shape index (κ3) is 4.33. The Morgan fingerprint density at radius 3 is 2.89 bits per heavy atom. The predicted octanol–water partition coefficient (Wildman–Crippen LogP) is 1.91. The molecule has 4 heteroatoms. The van der Waals surface area contributed by atoms with Crippen LogP contribution in [0.25, 0.3) is 0 Å². The molecule has 1 aromatic rings. The van der Waals surface area contributed by atoms with E-state index in [2.05, 4.69) is 4.90 Å². The first-order valence-electron chi connectivity index (χ1n) is 6.78. The minimum Gasteiger partial charge on any atom is -0.493 e. The molecule has 0 radical (unpaired) electrons. The van der Waals surface area contributed by atoms with Crippen molar-refractivity contribution in [3.8, 4) is 5.75 Å². The molecule has 0 amide bonds. The molecule has 1 heterocycles. The van der Waals surface area contributed by atoms with Crippen molar-refractivity contribution in [2.24, 2.45) is 0 Å². The van der Waals surface area contributed by atoms with Gasteiger partial charge in [-0.2, -0.15) is 0 Å². The lowest BCUT2D eigenvalue weighted by atomic mass is 10.1. The van der Waals surface area contributed by atoms with Crippen LogP contribution in [0, 0.1) is 6.92 Å². The first-order valence-corrected chi connectivity index (χ1v) is 6.78. The van der Waals surface area contributed by atoms with E-state index in [0.717, 1.165) is 56.9 Å². The molecule has 1 aromatic carbocycles. The third-order valence-electron chi connectivity index (χ3n) is 3.33. The lowest BCUT2D eigenvalue weighted by molar-refractivity contribution is 0.0358. The normalized spacial score (nSPS) is 16.3. The maximum Gasteiger partial charge on any atom is 0.150 e. The van der Waals surface area contributed by atoms with E-state index < -0.39 is 0 Å². The van der Waals surface area contributed by atoms with Gasteiger partial charge in [0, 0.05) is 25.2 Å². The molecule has 0 spiro atoms. The molecule has 1 fully saturated rings. The minimum atomic E-state index is 0.661. The number of hydrogen-bond donors (Lipinski definition) is 0. The second-order valence-electron chi connectivity index (χ2n) is 4.80. The first-order chi connectivity index (χ1) is 9.29.